The van der Waals surface area contributed by atoms with Gasteiger partial charge in [0.2, 0.25) is 0 Å². The summed E-state index contributed by atoms with van der Waals surface area (Å²) in [7, 11) is 0. The van der Waals surface area contributed by atoms with E-state index in [1.165, 1.54) is 34.4 Å². The fourth-order valence-corrected chi connectivity index (χ4v) is 5.54. The molecule has 2 aromatic rings. The van der Waals surface area contributed by atoms with Crippen LogP contribution in [0.25, 0.3) is 11.6 Å². The van der Waals surface area contributed by atoms with E-state index in [9.17, 15) is 0 Å². The highest BCUT2D eigenvalue weighted by Gasteiger charge is 2.38. The predicted octanol–water partition coefficient (Wildman–Crippen LogP) is 5.70. The number of fused-ring (bicyclic) bond motifs is 3. The van der Waals surface area contributed by atoms with E-state index in [1.54, 1.807) is 22.3 Å². The number of rotatable bonds is 2. The molecule has 0 radical (unpaired) electrons. The molecule has 3 aliphatic carbocycles. The molecule has 0 heteroatoms. The average molecular weight is 367 g/mol. The quantitative estimate of drug-likeness (QED) is 0.640. The van der Waals surface area contributed by atoms with Crippen molar-refractivity contribution in [3.63, 3.8) is 0 Å². The molecule has 142 valence electrons. The molecule has 0 aromatic heterocycles. The zero-order chi connectivity index (χ0) is 19.5. The van der Waals surface area contributed by atoms with Crippen LogP contribution in [-0.4, -0.2) is 0 Å². The molecular weight excluding hydrogens is 336 g/mol. The Morgan fingerprint density at radius 3 is 2.39 bits per heavy atom. The summed E-state index contributed by atoms with van der Waals surface area (Å²) in [6.45, 7) is 9.58. The fraction of sp³-hybridized carbons (Fsp3) is 0.357. The van der Waals surface area contributed by atoms with Crippen molar-refractivity contribution in [2.24, 2.45) is 10.8 Å². The maximum absolute atomic E-state index is 2.56. The van der Waals surface area contributed by atoms with Gasteiger partial charge in [-0.05, 0) is 75.0 Å². The smallest absolute Gasteiger partial charge is 0.00903 e. The van der Waals surface area contributed by atoms with E-state index < -0.39 is 0 Å². The third-order valence-electron chi connectivity index (χ3n) is 6.80. The molecule has 0 saturated heterocycles. The number of benzene rings is 2. The van der Waals surface area contributed by atoms with Gasteiger partial charge in [-0.25, -0.2) is 0 Å². The third-order valence-corrected chi connectivity index (χ3v) is 6.80. The monoisotopic (exact) mass is 366 g/mol. The molecule has 0 aliphatic heterocycles. The van der Waals surface area contributed by atoms with E-state index in [0.717, 1.165) is 12.8 Å². The maximum Gasteiger partial charge on any atom is 0.00903 e. The van der Waals surface area contributed by atoms with Crippen LogP contribution in [0.2, 0.25) is 0 Å². The number of hydrogen-bond acceptors (Lipinski definition) is 0. The van der Waals surface area contributed by atoms with Crippen molar-refractivity contribution in [1.29, 1.82) is 0 Å². The Balaban J connectivity index is 1.69. The van der Waals surface area contributed by atoms with Gasteiger partial charge in [0.25, 0.3) is 0 Å². The molecule has 3 aliphatic rings. The van der Waals surface area contributed by atoms with Crippen molar-refractivity contribution >= 4 is 11.6 Å². The van der Waals surface area contributed by atoms with Crippen LogP contribution in [0, 0.1) is 10.8 Å². The summed E-state index contributed by atoms with van der Waals surface area (Å²) in [5, 5.41) is 2.89. The second-order valence-electron chi connectivity index (χ2n) is 10.1. The van der Waals surface area contributed by atoms with E-state index in [1.807, 2.05) is 0 Å². The highest BCUT2D eigenvalue weighted by Crippen LogP contribution is 2.52. The SMILES string of the molecule is CC1(C)C=C2CC3=c4cc(Cc5ccccc5)ccc4=CC(C)(C)C3=C2CC1. The van der Waals surface area contributed by atoms with Gasteiger partial charge >= 0.3 is 0 Å². The molecule has 2 aromatic carbocycles. The molecule has 0 spiro atoms. The zero-order valence-electron chi connectivity index (χ0n) is 17.6. The molecule has 0 saturated carbocycles. The summed E-state index contributed by atoms with van der Waals surface area (Å²) in [6.07, 6.45) is 9.68. The van der Waals surface area contributed by atoms with Gasteiger partial charge in [-0.15, -0.1) is 0 Å². The maximum atomic E-state index is 2.56. The van der Waals surface area contributed by atoms with Crippen molar-refractivity contribution in [1.82, 2.24) is 0 Å². The normalized spacial score (nSPS) is 21.4. The lowest BCUT2D eigenvalue weighted by Crippen LogP contribution is -2.36. The fourth-order valence-electron chi connectivity index (χ4n) is 5.54. The van der Waals surface area contributed by atoms with Gasteiger partial charge in [-0.2, -0.15) is 0 Å². The van der Waals surface area contributed by atoms with Gasteiger partial charge in [0.05, 0.1) is 0 Å². The van der Waals surface area contributed by atoms with Crippen molar-refractivity contribution < 1.29 is 0 Å². The first-order valence-corrected chi connectivity index (χ1v) is 10.7. The molecule has 0 atom stereocenters. The first-order chi connectivity index (χ1) is 13.3. The van der Waals surface area contributed by atoms with Crippen LogP contribution in [0.1, 0.15) is 58.1 Å². The molecule has 0 nitrogen and oxygen atoms in total. The summed E-state index contributed by atoms with van der Waals surface area (Å²) < 4.78 is 0. The Morgan fingerprint density at radius 1 is 0.821 bits per heavy atom. The molecule has 5 rings (SSSR count). The van der Waals surface area contributed by atoms with E-state index in [0.29, 0.717) is 5.41 Å². The van der Waals surface area contributed by atoms with Crippen LogP contribution in [-0.2, 0) is 6.42 Å². The molecule has 0 heterocycles. The molecule has 0 amide bonds. The third kappa shape index (κ3) is 2.91. The van der Waals surface area contributed by atoms with Crippen molar-refractivity contribution in [3.05, 3.63) is 92.9 Å². The summed E-state index contributed by atoms with van der Waals surface area (Å²) in [5.41, 5.74) is 9.72. The first kappa shape index (κ1) is 17.7. The minimum absolute atomic E-state index is 0.121. The lowest BCUT2D eigenvalue weighted by atomic mass is 9.73. The molecule has 0 unspecified atom stereocenters. The second-order valence-corrected chi connectivity index (χ2v) is 10.1. The van der Waals surface area contributed by atoms with Crippen LogP contribution in [0.3, 0.4) is 0 Å². The Labute approximate surface area is 169 Å². The van der Waals surface area contributed by atoms with Crippen LogP contribution in [0.4, 0.5) is 0 Å². The second kappa shape index (κ2) is 6.08. The molecule has 28 heavy (non-hydrogen) atoms. The van der Waals surface area contributed by atoms with E-state index in [4.69, 9.17) is 0 Å². The van der Waals surface area contributed by atoms with E-state index in [-0.39, 0.29) is 5.41 Å². The van der Waals surface area contributed by atoms with Crippen LogP contribution >= 0.6 is 0 Å². The molecule has 0 bridgehead atoms. The summed E-state index contributed by atoms with van der Waals surface area (Å²) in [5.74, 6) is 0. The van der Waals surface area contributed by atoms with Crippen LogP contribution < -0.4 is 10.4 Å². The Hall–Kier alpha value is -2.34. The Bertz CT molecular complexity index is 1130. The van der Waals surface area contributed by atoms with E-state index in [2.05, 4.69) is 88.4 Å². The highest BCUT2D eigenvalue weighted by atomic mass is 14.4. The van der Waals surface area contributed by atoms with Crippen LogP contribution in [0.15, 0.2) is 71.3 Å². The van der Waals surface area contributed by atoms with Gasteiger partial charge in [-0.3, -0.25) is 0 Å². The van der Waals surface area contributed by atoms with Gasteiger partial charge < -0.3 is 0 Å². The lowest BCUT2D eigenvalue weighted by Gasteiger charge is -2.31. The topological polar surface area (TPSA) is 0 Å². The average Bonchev–Trinajstić information content (AvgIpc) is 3.01. The van der Waals surface area contributed by atoms with Crippen molar-refractivity contribution in [2.45, 2.75) is 53.4 Å². The standard InChI is InChI=1S/C28H30/c1-27(2)13-12-23-22(17-27)16-25-24-15-20(14-19-8-6-5-7-9-19)10-11-21(24)18-28(3,4)26(23)25/h5-11,15,17-18H,12-14,16H2,1-4H3. The lowest BCUT2D eigenvalue weighted by molar-refractivity contribution is 0.420. The minimum Gasteiger partial charge on any atom is -0.0750 e. The summed E-state index contributed by atoms with van der Waals surface area (Å²) in [4.78, 5) is 0. The van der Waals surface area contributed by atoms with Crippen LogP contribution in [0.5, 0.6) is 0 Å². The summed E-state index contributed by atoms with van der Waals surface area (Å²) in [6, 6.07) is 18.0. The molecule has 0 N–H and O–H groups in total. The zero-order valence-corrected chi connectivity index (χ0v) is 17.6. The molecular formula is C28H30. The number of hydrogen-bond donors (Lipinski definition) is 0. The van der Waals surface area contributed by atoms with Crippen molar-refractivity contribution in [3.8, 4) is 0 Å². The Morgan fingerprint density at radius 2 is 1.61 bits per heavy atom. The van der Waals surface area contributed by atoms with Gasteiger partial charge in [0.15, 0.2) is 0 Å². The highest BCUT2D eigenvalue weighted by molar-refractivity contribution is 5.82. The molecule has 0 fully saturated rings. The van der Waals surface area contributed by atoms with E-state index >= 15 is 0 Å². The first-order valence-electron chi connectivity index (χ1n) is 10.7. The minimum atomic E-state index is 0.121. The predicted molar refractivity (Wildman–Crippen MR) is 119 cm³/mol. The van der Waals surface area contributed by atoms with Gasteiger partial charge in [0.1, 0.15) is 0 Å². The summed E-state index contributed by atoms with van der Waals surface area (Å²) >= 11 is 0. The van der Waals surface area contributed by atoms with Crippen molar-refractivity contribution in [2.75, 3.05) is 0 Å². The van der Waals surface area contributed by atoms with Gasteiger partial charge in [-0.1, -0.05) is 88.4 Å². The van der Waals surface area contributed by atoms with Gasteiger partial charge in [0, 0.05) is 5.41 Å². The Kier molecular flexibility index (Phi) is 3.85. The number of allylic oxidation sites excluding steroid dienone is 4. The largest absolute Gasteiger partial charge is 0.0750 e.